The van der Waals surface area contributed by atoms with E-state index >= 15 is 0 Å². The highest BCUT2D eigenvalue weighted by Gasteiger charge is 2.42. The molecular formula is C18H24ClN5O. The zero-order valence-corrected chi connectivity index (χ0v) is 15.4. The van der Waals surface area contributed by atoms with Gasteiger partial charge in [0.1, 0.15) is 0 Å². The third kappa shape index (κ3) is 3.16. The predicted molar refractivity (Wildman–Crippen MR) is 98.2 cm³/mol. The number of hydrogen-bond donors (Lipinski definition) is 1. The number of nitrogens with zero attached hydrogens (tertiary/aromatic N) is 4. The molecule has 0 spiro atoms. The number of amides is 1. The molecule has 4 rings (SSSR count). The van der Waals surface area contributed by atoms with Gasteiger partial charge in [-0.25, -0.2) is 9.67 Å². The number of fused-ring (bicyclic) bond motifs is 1. The van der Waals surface area contributed by atoms with Crippen molar-refractivity contribution in [2.45, 2.75) is 32.7 Å². The van der Waals surface area contributed by atoms with E-state index in [9.17, 15) is 4.79 Å². The second kappa shape index (κ2) is 6.77. The zero-order chi connectivity index (χ0) is 16.8. The lowest BCUT2D eigenvalue weighted by Gasteiger charge is -2.18. The molecular weight excluding hydrogens is 338 g/mol. The van der Waals surface area contributed by atoms with E-state index < -0.39 is 0 Å². The second-order valence-electron chi connectivity index (χ2n) is 7.12. The summed E-state index contributed by atoms with van der Waals surface area (Å²) in [5.41, 5.74) is 8.78. The highest BCUT2D eigenvalue weighted by atomic mass is 35.5. The summed E-state index contributed by atoms with van der Waals surface area (Å²) >= 11 is 0. The van der Waals surface area contributed by atoms with Gasteiger partial charge < -0.3 is 10.6 Å². The first-order valence-corrected chi connectivity index (χ1v) is 8.57. The number of aromatic nitrogens is 3. The standard InChI is InChI=1S/C18H23N5O.ClH/c1-11-7-12(2)23(21-11)17-6-4-13(8-20-17)18(24)22-9-14-3-5-16(19)15(14)10-22;/h4,6-8,14-16H,3,5,9-10,19H2,1-2H3;1H. The van der Waals surface area contributed by atoms with Crippen LogP contribution in [-0.2, 0) is 0 Å². The van der Waals surface area contributed by atoms with E-state index in [1.807, 2.05) is 36.9 Å². The van der Waals surface area contributed by atoms with Crippen molar-refractivity contribution in [2.24, 2.45) is 17.6 Å². The Morgan fingerprint density at radius 3 is 2.64 bits per heavy atom. The number of carbonyl (C=O) groups excluding carboxylic acids is 1. The van der Waals surface area contributed by atoms with Crippen LogP contribution < -0.4 is 5.73 Å². The Hall–Kier alpha value is -1.92. The first kappa shape index (κ1) is 17.9. The van der Waals surface area contributed by atoms with E-state index in [1.54, 1.807) is 10.9 Å². The fourth-order valence-corrected chi connectivity index (χ4v) is 4.15. The van der Waals surface area contributed by atoms with Crippen molar-refractivity contribution in [3.05, 3.63) is 41.3 Å². The third-order valence-electron chi connectivity index (χ3n) is 5.42. The van der Waals surface area contributed by atoms with Crippen LogP contribution in [0.4, 0.5) is 0 Å². The molecule has 2 aromatic heterocycles. The van der Waals surface area contributed by atoms with Gasteiger partial charge in [0, 0.05) is 31.0 Å². The van der Waals surface area contributed by atoms with E-state index in [2.05, 4.69) is 10.1 Å². The molecule has 25 heavy (non-hydrogen) atoms. The molecule has 3 unspecified atom stereocenters. The lowest BCUT2D eigenvalue weighted by Crippen LogP contribution is -2.33. The highest BCUT2D eigenvalue weighted by molar-refractivity contribution is 5.94. The van der Waals surface area contributed by atoms with Crippen molar-refractivity contribution in [3.8, 4) is 5.82 Å². The molecule has 1 amide bonds. The van der Waals surface area contributed by atoms with Crippen LogP contribution in [0, 0.1) is 25.7 Å². The van der Waals surface area contributed by atoms with E-state index in [1.165, 1.54) is 0 Å². The monoisotopic (exact) mass is 361 g/mol. The van der Waals surface area contributed by atoms with Crippen LogP contribution in [-0.4, -0.2) is 44.7 Å². The number of aryl methyl sites for hydroxylation is 2. The zero-order valence-electron chi connectivity index (χ0n) is 14.6. The molecule has 6 nitrogen and oxygen atoms in total. The summed E-state index contributed by atoms with van der Waals surface area (Å²) in [7, 11) is 0. The minimum absolute atomic E-state index is 0. The topological polar surface area (TPSA) is 77.0 Å². The summed E-state index contributed by atoms with van der Waals surface area (Å²) in [5.74, 6) is 1.84. The number of halogens is 1. The lowest BCUT2D eigenvalue weighted by molar-refractivity contribution is 0.0779. The average molecular weight is 362 g/mol. The van der Waals surface area contributed by atoms with Gasteiger partial charge in [-0.05, 0) is 56.7 Å². The molecule has 1 aliphatic heterocycles. The van der Waals surface area contributed by atoms with Crippen molar-refractivity contribution in [1.82, 2.24) is 19.7 Å². The largest absolute Gasteiger partial charge is 0.338 e. The Balaban J connectivity index is 0.00000182. The molecule has 3 atom stereocenters. The molecule has 2 aliphatic rings. The Morgan fingerprint density at radius 2 is 2.04 bits per heavy atom. The first-order chi connectivity index (χ1) is 11.5. The van der Waals surface area contributed by atoms with Crippen molar-refractivity contribution in [3.63, 3.8) is 0 Å². The van der Waals surface area contributed by atoms with Gasteiger partial charge in [0.05, 0.1) is 11.3 Å². The Bertz CT molecular complexity index is 772. The van der Waals surface area contributed by atoms with Gasteiger partial charge in [0.2, 0.25) is 0 Å². The second-order valence-corrected chi connectivity index (χ2v) is 7.12. The van der Waals surface area contributed by atoms with Crippen molar-refractivity contribution < 1.29 is 4.79 Å². The van der Waals surface area contributed by atoms with Crippen LogP contribution in [0.15, 0.2) is 24.4 Å². The molecule has 0 aromatic carbocycles. The number of carbonyl (C=O) groups is 1. The van der Waals surface area contributed by atoms with Gasteiger partial charge in [-0.15, -0.1) is 12.4 Å². The Morgan fingerprint density at radius 1 is 1.24 bits per heavy atom. The van der Waals surface area contributed by atoms with Crippen molar-refractivity contribution in [2.75, 3.05) is 13.1 Å². The summed E-state index contributed by atoms with van der Waals surface area (Å²) in [5, 5.41) is 4.42. The van der Waals surface area contributed by atoms with Crippen LogP contribution >= 0.6 is 12.4 Å². The molecule has 0 bridgehead atoms. The Kier molecular flexibility index (Phi) is 4.84. The summed E-state index contributed by atoms with van der Waals surface area (Å²) in [6.07, 6.45) is 3.89. The van der Waals surface area contributed by atoms with Gasteiger partial charge in [0.15, 0.2) is 5.82 Å². The summed E-state index contributed by atoms with van der Waals surface area (Å²) in [6.45, 7) is 5.56. The molecule has 0 radical (unpaired) electrons. The molecule has 1 saturated heterocycles. The van der Waals surface area contributed by atoms with Crippen molar-refractivity contribution in [1.29, 1.82) is 0 Å². The SMILES string of the molecule is Cc1cc(C)n(-c2ccc(C(=O)N3CC4CCC(N)C4C3)cn2)n1.Cl. The predicted octanol–water partition coefficient (Wildman–Crippen LogP) is 2.12. The number of likely N-dealkylation sites (tertiary alicyclic amines) is 1. The van der Waals surface area contributed by atoms with E-state index in [0.29, 0.717) is 17.4 Å². The smallest absolute Gasteiger partial charge is 0.255 e. The normalized spacial score (nSPS) is 24.9. The molecule has 3 heterocycles. The molecule has 1 aliphatic carbocycles. The molecule has 2 N–H and O–H groups in total. The third-order valence-corrected chi connectivity index (χ3v) is 5.42. The van der Waals surface area contributed by atoms with Gasteiger partial charge in [-0.3, -0.25) is 4.79 Å². The van der Waals surface area contributed by atoms with Crippen LogP contribution in [0.3, 0.4) is 0 Å². The van der Waals surface area contributed by atoms with Crippen LogP contribution in [0.2, 0.25) is 0 Å². The van der Waals surface area contributed by atoms with Gasteiger partial charge in [-0.2, -0.15) is 5.10 Å². The van der Waals surface area contributed by atoms with E-state index in [4.69, 9.17) is 5.73 Å². The summed E-state index contributed by atoms with van der Waals surface area (Å²) in [6, 6.07) is 5.96. The maximum absolute atomic E-state index is 12.7. The minimum Gasteiger partial charge on any atom is -0.338 e. The maximum atomic E-state index is 12.7. The summed E-state index contributed by atoms with van der Waals surface area (Å²) < 4.78 is 1.79. The fraction of sp³-hybridized carbons (Fsp3) is 0.500. The van der Waals surface area contributed by atoms with E-state index in [0.717, 1.165) is 43.1 Å². The molecule has 1 saturated carbocycles. The molecule has 2 aromatic rings. The van der Waals surface area contributed by atoms with E-state index in [-0.39, 0.29) is 24.4 Å². The van der Waals surface area contributed by atoms with Gasteiger partial charge in [-0.1, -0.05) is 0 Å². The number of rotatable bonds is 2. The maximum Gasteiger partial charge on any atom is 0.255 e. The van der Waals surface area contributed by atoms with Crippen LogP contribution in [0.25, 0.3) is 5.82 Å². The minimum atomic E-state index is 0. The summed E-state index contributed by atoms with van der Waals surface area (Å²) in [4.78, 5) is 19.1. The van der Waals surface area contributed by atoms with Crippen LogP contribution in [0.5, 0.6) is 0 Å². The van der Waals surface area contributed by atoms with Gasteiger partial charge >= 0.3 is 0 Å². The molecule has 7 heteroatoms. The molecule has 134 valence electrons. The quantitative estimate of drug-likeness (QED) is 0.888. The number of pyridine rings is 1. The fourth-order valence-electron chi connectivity index (χ4n) is 4.15. The van der Waals surface area contributed by atoms with Crippen molar-refractivity contribution >= 4 is 18.3 Å². The first-order valence-electron chi connectivity index (χ1n) is 8.57. The average Bonchev–Trinajstić information content (AvgIpc) is 3.23. The van der Waals surface area contributed by atoms with Crippen LogP contribution in [0.1, 0.15) is 34.6 Å². The van der Waals surface area contributed by atoms with Gasteiger partial charge in [0.25, 0.3) is 5.91 Å². The number of hydrogen-bond acceptors (Lipinski definition) is 4. The molecule has 2 fully saturated rings. The Labute approximate surface area is 153 Å². The number of nitrogens with two attached hydrogens (primary N) is 1. The lowest BCUT2D eigenvalue weighted by atomic mass is 9.98. The highest BCUT2D eigenvalue weighted by Crippen LogP contribution is 2.37.